The second-order valence-electron chi connectivity index (χ2n) is 3.94. The highest BCUT2D eigenvalue weighted by Gasteiger charge is 2.20. The van der Waals surface area contributed by atoms with Crippen LogP contribution >= 0.6 is 0 Å². The van der Waals surface area contributed by atoms with E-state index in [0.717, 1.165) is 12.1 Å². The van der Waals surface area contributed by atoms with Crippen molar-refractivity contribution in [2.75, 3.05) is 6.54 Å². The van der Waals surface area contributed by atoms with E-state index in [9.17, 15) is 14.9 Å². The molecule has 7 heteroatoms. The van der Waals surface area contributed by atoms with Gasteiger partial charge in [0, 0.05) is 12.6 Å². The first-order valence-electron chi connectivity index (χ1n) is 5.83. The minimum absolute atomic E-state index is 0.0321. The summed E-state index contributed by atoms with van der Waals surface area (Å²) in [6.07, 6.45) is -1.15. The van der Waals surface area contributed by atoms with Crippen LogP contribution in [0.5, 0.6) is 5.75 Å². The minimum Gasteiger partial charge on any atom is -0.479 e. The van der Waals surface area contributed by atoms with Gasteiger partial charge in [-0.2, -0.15) is 0 Å². The number of carboxylic acids is 1. The second-order valence-corrected chi connectivity index (χ2v) is 3.94. The average molecular weight is 268 g/mol. The normalized spacial score (nSPS) is 11.9. The van der Waals surface area contributed by atoms with Crippen LogP contribution in [0, 0.1) is 10.1 Å². The molecule has 0 spiro atoms. The van der Waals surface area contributed by atoms with E-state index in [1.54, 1.807) is 6.07 Å². The van der Waals surface area contributed by atoms with Gasteiger partial charge in [0.15, 0.2) is 11.9 Å². The van der Waals surface area contributed by atoms with Crippen LogP contribution in [-0.4, -0.2) is 28.6 Å². The Hall–Kier alpha value is -2.15. The van der Waals surface area contributed by atoms with E-state index in [4.69, 9.17) is 9.84 Å². The van der Waals surface area contributed by atoms with Crippen molar-refractivity contribution in [1.82, 2.24) is 5.32 Å². The highest BCUT2D eigenvalue weighted by atomic mass is 16.6. The topological polar surface area (TPSA) is 102 Å². The number of rotatable bonds is 7. The van der Waals surface area contributed by atoms with Crippen LogP contribution in [0.15, 0.2) is 18.2 Å². The molecule has 7 nitrogen and oxygen atoms in total. The molecule has 1 aromatic rings. The second kappa shape index (κ2) is 6.69. The molecule has 0 saturated carbocycles. The van der Waals surface area contributed by atoms with Crippen molar-refractivity contribution in [3.63, 3.8) is 0 Å². The number of nitro groups is 1. The SMILES string of the molecule is CCNCc1ccc([N+](=O)[O-])c(OC(C)C(=O)O)c1. The molecule has 0 amide bonds. The van der Waals surface area contributed by atoms with Crippen molar-refractivity contribution in [3.8, 4) is 5.75 Å². The zero-order chi connectivity index (χ0) is 14.4. The summed E-state index contributed by atoms with van der Waals surface area (Å²) in [4.78, 5) is 21.0. The van der Waals surface area contributed by atoms with Crippen LogP contribution in [0.1, 0.15) is 19.4 Å². The number of carbonyl (C=O) groups is 1. The zero-order valence-corrected chi connectivity index (χ0v) is 10.8. The average Bonchev–Trinajstić information content (AvgIpc) is 2.36. The lowest BCUT2D eigenvalue weighted by Crippen LogP contribution is -2.23. The van der Waals surface area contributed by atoms with E-state index in [1.807, 2.05) is 6.92 Å². The molecular formula is C12H16N2O5. The molecule has 1 unspecified atom stereocenters. The number of benzene rings is 1. The maximum absolute atomic E-state index is 10.9. The van der Waals surface area contributed by atoms with Gasteiger partial charge >= 0.3 is 11.7 Å². The van der Waals surface area contributed by atoms with Gasteiger partial charge in [-0.05, 0) is 25.1 Å². The number of carboxylic acid groups (broad SMARTS) is 1. The van der Waals surface area contributed by atoms with Crippen LogP contribution in [0.25, 0.3) is 0 Å². The summed E-state index contributed by atoms with van der Waals surface area (Å²) in [6.45, 7) is 4.56. The molecule has 1 rings (SSSR count). The van der Waals surface area contributed by atoms with Gasteiger partial charge in [-0.3, -0.25) is 10.1 Å². The quantitative estimate of drug-likeness (QED) is 0.574. The Balaban J connectivity index is 3.01. The number of ether oxygens (including phenoxy) is 1. The molecular weight excluding hydrogens is 252 g/mol. The van der Waals surface area contributed by atoms with Gasteiger partial charge in [-0.25, -0.2) is 4.79 Å². The van der Waals surface area contributed by atoms with Gasteiger partial charge in [0.05, 0.1) is 4.92 Å². The summed E-state index contributed by atoms with van der Waals surface area (Å²) >= 11 is 0. The molecule has 0 bridgehead atoms. The number of nitrogens with one attached hydrogen (secondary N) is 1. The minimum atomic E-state index is -1.17. The Morgan fingerprint density at radius 2 is 2.26 bits per heavy atom. The largest absolute Gasteiger partial charge is 0.479 e. The summed E-state index contributed by atoms with van der Waals surface area (Å²) < 4.78 is 5.12. The first-order valence-corrected chi connectivity index (χ1v) is 5.83. The fraction of sp³-hybridized carbons (Fsp3) is 0.417. The fourth-order valence-corrected chi connectivity index (χ4v) is 1.42. The van der Waals surface area contributed by atoms with E-state index < -0.39 is 17.0 Å². The predicted molar refractivity (Wildman–Crippen MR) is 68.2 cm³/mol. The van der Waals surface area contributed by atoms with Crippen molar-refractivity contribution in [2.24, 2.45) is 0 Å². The van der Waals surface area contributed by atoms with Crippen LogP contribution in [0.4, 0.5) is 5.69 Å². The first kappa shape index (κ1) is 14.9. The molecule has 0 saturated heterocycles. The third kappa shape index (κ3) is 4.22. The smallest absolute Gasteiger partial charge is 0.344 e. The molecule has 0 aromatic heterocycles. The Bertz CT molecular complexity index is 475. The molecule has 0 fully saturated rings. The molecule has 2 N–H and O–H groups in total. The van der Waals surface area contributed by atoms with Crippen molar-refractivity contribution in [1.29, 1.82) is 0 Å². The van der Waals surface area contributed by atoms with Crippen molar-refractivity contribution in [2.45, 2.75) is 26.5 Å². The van der Waals surface area contributed by atoms with Gasteiger partial charge in [0.2, 0.25) is 0 Å². The molecule has 1 aromatic carbocycles. The maximum Gasteiger partial charge on any atom is 0.344 e. The van der Waals surface area contributed by atoms with Crippen molar-refractivity contribution >= 4 is 11.7 Å². The van der Waals surface area contributed by atoms with Crippen molar-refractivity contribution in [3.05, 3.63) is 33.9 Å². The first-order chi connectivity index (χ1) is 8.95. The van der Waals surface area contributed by atoms with Crippen LogP contribution < -0.4 is 10.1 Å². The monoisotopic (exact) mass is 268 g/mol. The number of nitrogens with zero attached hydrogens (tertiary/aromatic N) is 1. The van der Waals surface area contributed by atoms with Gasteiger partial charge in [0.1, 0.15) is 0 Å². The number of hydrogen-bond donors (Lipinski definition) is 2. The Kier molecular flexibility index (Phi) is 5.25. The lowest BCUT2D eigenvalue weighted by Gasteiger charge is -2.12. The molecule has 19 heavy (non-hydrogen) atoms. The molecule has 1 atom stereocenters. The standard InChI is InChI=1S/C12H16N2O5/c1-3-13-7-9-4-5-10(14(17)18)11(6-9)19-8(2)12(15)16/h4-6,8,13H,3,7H2,1-2H3,(H,15,16). The summed E-state index contributed by atoms with van der Waals surface area (Å²) in [5, 5.41) is 22.7. The summed E-state index contributed by atoms with van der Waals surface area (Å²) in [6, 6.07) is 4.41. The van der Waals surface area contributed by atoms with E-state index in [-0.39, 0.29) is 11.4 Å². The van der Waals surface area contributed by atoms with E-state index in [1.165, 1.54) is 19.1 Å². The lowest BCUT2D eigenvalue weighted by molar-refractivity contribution is -0.386. The molecule has 0 radical (unpaired) electrons. The van der Waals surface area contributed by atoms with Gasteiger partial charge in [0.25, 0.3) is 0 Å². The van der Waals surface area contributed by atoms with Crippen LogP contribution in [0.3, 0.4) is 0 Å². The molecule has 0 aliphatic carbocycles. The summed E-state index contributed by atoms with van der Waals surface area (Å²) in [5.41, 5.74) is 0.549. The van der Waals surface area contributed by atoms with Crippen LogP contribution in [0.2, 0.25) is 0 Å². The fourth-order valence-electron chi connectivity index (χ4n) is 1.42. The Morgan fingerprint density at radius 1 is 1.58 bits per heavy atom. The predicted octanol–water partition coefficient (Wildman–Crippen LogP) is 1.56. The number of nitro benzene ring substituents is 1. The Labute approximate surface area is 110 Å². The molecule has 104 valence electrons. The summed E-state index contributed by atoms with van der Waals surface area (Å²) in [7, 11) is 0. The Morgan fingerprint density at radius 3 is 2.79 bits per heavy atom. The van der Waals surface area contributed by atoms with E-state index in [2.05, 4.69) is 5.32 Å². The third-order valence-corrected chi connectivity index (χ3v) is 2.45. The zero-order valence-electron chi connectivity index (χ0n) is 10.8. The van der Waals surface area contributed by atoms with Crippen LogP contribution in [-0.2, 0) is 11.3 Å². The molecule has 0 aliphatic rings. The van der Waals surface area contributed by atoms with Gasteiger partial charge < -0.3 is 15.2 Å². The van der Waals surface area contributed by atoms with Crippen molar-refractivity contribution < 1.29 is 19.6 Å². The van der Waals surface area contributed by atoms with E-state index >= 15 is 0 Å². The van der Waals surface area contributed by atoms with E-state index in [0.29, 0.717) is 6.54 Å². The van der Waals surface area contributed by atoms with Gasteiger partial charge in [-0.1, -0.05) is 13.0 Å². The molecule has 0 heterocycles. The lowest BCUT2D eigenvalue weighted by atomic mass is 10.2. The summed E-state index contributed by atoms with van der Waals surface area (Å²) in [5.74, 6) is -1.21. The molecule has 0 aliphatic heterocycles. The highest BCUT2D eigenvalue weighted by Crippen LogP contribution is 2.28. The highest BCUT2D eigenvalue weighted by molar-refractivity contribution is 5.72. The number of aliphatic carboxylic acids is 1. The number of hydrogen-bond acceptors (Lipinski definition) is 5. The third-order valence-electron chi connectivity index (χ3n) is 2.45. The van der Waals surface area contributed by atoms with Gasteiger partial charge in [-0.15, -0.1) is 0 Å². The maximum atomic E-state index is 10.9.